The average molecular weight is 263 g/mol. The molecule has 19 heavy (non-hydrogen) atoms. The van der Waals surface area contributed by atoms with Crippen molar-refractivity contribution in [2.75, 3.05) is 13.2 Å². The lowest BCUT2D eigenvalue weighted by molar-refractivity contribution is -0.0300. The zero-order chi connectivity index (χ0) is 13.7. The fraction of sp³-hybridized carbons (Fsp3) is 0.533. The van der Waals surface area contributed by atoms with E-state index in [4.69, 9.17) is 4.74 Å². The molecule has 0 unspecified atom stereocenters. The van der Waals surface area contributed by atoms with Crippen LogP contribution in [0.1, 0.15) is 43.0 Å². The molecule has 2 N–H and O–H groups in total. The third-order valence-electron chi connectivity index (χ3n) is 3.43. The van der Waals surface area contributed by atoms with Gasteiger partial charge < -0.3 is 15.2 Å². The normalized spacial score (nSPS) is 16.5. The van der Waals surface area contributed by atoms with Gasteiger partial charge in [-0.2, -0.15) is 0 Å². The van der Waals surface area contributed by atoms with Crippen LogP contribution in [0.4, 0.5) is 0 Å². The molecule has 1 saturated carbocycles. The maximum Gasteiger partial charge on any atom is 0.251 e. The summed E-state index contributed by atoms with van der Waals surface area (Å²) in [5.41, 5.74) is -0.122. The molecule has 0 aliphatic heterocycles. The van der Waals surface area contributed by atoms with Crippen LogP contribution in [0.25, 0.3) is 0 Å². The molecule has 0 atom stereocenters. The summed E-state index contributed by atoms with van der Waals surface area (Å²) in [6.07, 6.45) is 3.51. The molecule has 0 aromatic heterocycles. The molecule has 1 aromatic rings. The summed E-state index contributed by atoms with van der Waals surface area (Å²) in [6, 6.07) is 7.12. The standard InChI is InChI=1S/C15H21NO3/c1-2-9-19-13-6-3-5-12(10-13)14(17)16-11-15(18)7-4-8-15/h3,5-6,10,18H,2,4,7-9,11H2,1H3,(H,16,17). The van der Waals surface area contributed by atoms with E-state index in [1.165, 1.54) is 0 Å². The third kappa shape index (κ3) is 3.70. The van der Waals surface area contributed by atoms with Crippen LogP contribution in [0.2, 0.25) is 0 Å². The highest BCUT2D eigenvalue weighted by molar-refractivity contribution is 5.94. The molecule has 0 saturated heterocycles. The quantitative estimate of drug-likeness (QED) is 0.826. The Labute approximate surface area is 113 Å². The first-order valence-electron chi connectivity index (χ1n) is 6.86. The molecule has 2 rings (SSSR count). The summed E-state index contributed by atoms with van der Waals surface area (Å²) in [7, 11) is 0. The molecule has 0 radical (unpaired) electrons. The van der Waals surface area contributed by atoms with Crippen LogP contribution in [-0.4, -0.2) is 29.8 Å². The van der Waals surface area contributed by atoms with Gasteiger partial charge in [0.15, 0.2) is 0 Å². The Hall–Kier alpha value is -1.55. The van der Waals surface area contributed by atoms with Crippen LogP contribution in [0.5, 0.6) is 5.75 Å². The Kier molecular flexibility index (Phi) is 4.43. The number of amides is 1. The summed E-state index contributed by atoms with van der Waals surface area (Å²) >= 11 is 0. The first kappa shape index (κ1) is 13.9. The van der Waals surface area contributed by atoms with Gasteiger partial charge in [0.2, 0.25) is 0 Å². The number of carbonyl (C=O) groups is 1. The summed E-state index contributed by atoms with van der Waals surface area (Å²) in [4.78, 5) is 12.0. The van der Waals surface area contributed by atoms with E-state index in [1.807, 2.05) is 13.0 Å². The topological polar surface area (TPSA) is 58.6 Å². The van der Waals surface area contributed by atoms with Gasteiger partial charge in [0.05, 0.1) is 12.2 Å². The molecule has 1 aromatic carbocycles. The summed E-state index contributed by atoms with van der Waals surface area (Å²) in [6.45, 7) is 3.01. The van der Waals surface area contributed by atoms with Crippen molar-refractivity contribution in [2.24, 2.45) is 0 Å². The van der Waals surface area contributed by atoms with Crippen LogP contribution in [-0.2, 0) is 0 Å². The van der Waals surface area contributed by atoms with E-state index in [1.54, 1.807) is 18.2 Å². The zero-order valence-electron chi connectivity index (χ0n) is 11.3. The molecule has 1 fully saturated rings. The number of rotatable bonds is 6. The van der Waals surface area contributed by atoms with Gasteiger partial charge >= 0.3 is 0 Å². The number of ether oxygens (including phenoxy) is 1. The number of carbonyl (C=O) groups excluding carboxylic acids is 1. The van der Waals surface area contributed by atoms with Gasteiger partial charge in [0, 0.05) is 12.1 Å². The van der Waals surface area contributed by atoms with E-state index in [-0.39, 0.29) is 5.91 Å². The van der Waals surface area contributed by atoms with Crippen molar-refractivity contribution in [1.82, 2.24) is 5.32 Å². The minimum atomic E-state index is -0.689. The number of hydrogen-bond donors (Lipinski definition) is 2. The highest BCUT2D eigenvalue weighted by Gasteiger charge is 2.34. The van der Waals surface area contributed by atoms with E-state index in [2.05, 4.69) is 5.32 Å². The average Bonchev–Trinajstić information content (AvgIpc) is 2.40. The van der Waals surface area contributed by atoms with E-state index in [0.717, 1.165) is 25.7 Å². The second-order valence-electron chi connectivity index (χ2n) is 5.14. The summed E-state index contributed by atoms with van der Waals surface area (Å²) in [5.74, 6) is 0.541. The summed E-state index contributed by atoms with van der Waals surface area (Å²) < 4.78 is 5.49. The fourth-order valence-electron chi connectivity index (χ4n) is 2.06. The van der Waals surface area contributed by atoms with E-state index in [0.29, 0.717) is 24.5 Å². The molecule has 4 nitrogen and oxygen atoms in total. The van der Waals surface area contributed by atoms with E-state index >= 15 is 0 Å². The van der Waals surface area contributed by atoms with Crippen molar-refractivity contribution >= 4 is 5.91 Å². The predicted octanol–water partition coefficient (Wildman–Crippen LogP) is 2.12. The van der Waals surface area contributed by atoms with Gasteiger partial charge in [-0.05, 0) is 43.9 Å². The Balaban J connectivity index is 1.90. The lowest BCUT2D eigenvalue weighted by atomic mass is 9.80. The van der Waals surface area contributed by atoms with Gasteiger partial charge in [0.1, 0.15) is 5.75 Å². The predicted molar refractivity (Wildman–Crippen MR) is 73.4 cm³/mol. The van der Waals surface area contributed by atoms with Crippen LogP contribution >= 0.6 is 0 Å². The highest BCUT2D eigenvalue weighted by Crippen LogP contribution is 2.30. The fourth-order valence-corrected chi connectivity index (χ4v) is 2.06. The van der Waals surface area contributed by atoms with Crippen molar-refractivity contribution in [3.8, 4) is 5.75 Å². The molecule has 0 heterocycles. The van der Waals surface area contributed by atoms with E-state index in [9.17, 15) is 9.90 Å². The van der Waals surface area contributed by atoms with Crippen molar-refractivity contribution in [2.45, 2.75) is 38.2 Å². The SMILES string of the molecule is CCCOc1cccc(C(=O)NCC2(O)CCC2)c1. The number of benzene rings is 1. The first-order valence-corrected chi connectivity index (χ1v) is 6.86. The second-order valence-corrected chi connectivity index (χ2v) is 5.14. The molecule has 104 valence electrons. The summed E-state index contributed by atoms with van der Waals surface area (Å²) in [5, 5.41) is 12.7. The Morgan fingerprint density at radius 3 is 2.89 bits per heavy atom. The number of nitrogens with one attached hydrogen (secondary N) is 1. The maximum atomic E-state index is 12.0. The van der Waals surface area contributed by atoms with Crippen molar-refractivity contribution in [3.05, 3.63) is 29.8 Å². The Morgan fingerprint density at radius 1 is 1.47 bits per heavy atom. The molecular formula is C15H21NO3. The highest BCUT2D eigenvalue weighted by atomic mass is 16.5. The zero-order valence-corrected chi connectivity index (χ0v) is 11.3. The monoisotopic (exact) mass is 263 g/mol. The van der Waals surface area contributed by atoms with Crippen LogP contribution in [0.15, 0.2) is 24.3 Å². The van der Waals surface area contributed by atoms with Crippen LogP contribution < -0.4 is 10.1 Å². The molecule has 1 aliphatic rings. The van der Waals surface area contributed by atoms with Crippen molar-refractivity contribution < 1.29 is 14.6 Å². The molecular weight excluding hydrogens is 242 g/mol. The van der Waals surface area contributed by atoms with E-state index < -0.39 is 5.60 Å². The molecule has 1 amide bonds. The largest absolute Gasteiger partial charge is 0.494 e. The number of aliphatic hydroxyl groups is 1. The third-order valence-corrected chi connectivity index (χ3v) is 3.43. The molecule has 4 heteroatoms. The van der Waals surface area contributed by atoms with Gasteiger partial charge in [-0.1, -0.05) is 13.0 Å². The maximum absolute atomic E-state index is 12.0. The first-order chi connectivity index (χ1) is 9.13. The van der Waals surface area contributed by atoms with Crippen molar-refractivity contribution in [1.29, 1.82) is 0 Å². The minimum Gasteiger partial charge on any atom is -0.494 e. The lowest BCUT2D eigenvalue weighted by Gasteiger charge is -2.36. The smallest absolute Gasteiger partial charge is 0.251 e. The van der Waals surface area contributed by atoms with Crippen LogP contribution in [0.3, 0.4) is 0 Å². The number of hydrogen-bond acceptors (Lipinski definition) is 3. The lowest BCUT2D eigenvalue weighted by Crippen LogP contribution is -2.47. The second kappa shape index (κ2) is 6.06. The van der Waals surface area contributed by atoms with Crippen LogP contribution in [0, 0.1) is 0 Å². The molecule has 1 aliphatic carbocycles. The van der Waals surface area contributed by atoms with Gasteiger partial charge in [-0.3, -0.25) is 4.79 Å². The molecule has 0 bridgehead atoms. The van der Waals surface area contributed by atoms with Gasteiger partial charge in [-0.25, -0.2) is 0 Å². The Bertz CT molecular complexity index is 441. The van der Waals surface area contributed by atoms with Gasteiger partial charge in [-0.15, -0.1) is 0 Å². The van der Waals surface area contributed by atoms with Crippen molar-refractivity contribution in [3.63, 3.8) is 0 Å². The molecule has 0 spiro atoms. The Morgan fingerprint density at radius 2 is 2.26 bits per heavy atom. The van der Waals surface area contributed by atoms with Gasteiger partial charge in [0.25, 0.3) is 5.91 Å². The minimum absolute atomic E-state index is 0.165.